The molecule has 250 valence electrons. The summed E-state index contributed by atoms with van der Waals surface area (Å²) in [5, 5.41) is 25.3. The number of carbonyl (C=O) groups is 1. The van der Waals surface area contributed by atoms with E-state index in [1.165, 1.54) is 0 Å². The first-order valence-corrected chi connectivity index (χ1v) is 16.5. The van der Waals surface area contributed by atoms with E-state index >= 15 is 8.78 Å². The smallest absolute Gasteiger partial charge is 0.193 e. The van der Waals surface area contributed by atoms with Gasteiger partial charge in [-0.1, -0.05) is 43.9 Å². The van der Waals surface area contributed by atoms with E-state index in [9.17, 15) is 15.0 Å². The maximum Gasteiger partial charge on any atom is 0.193 e. The van der Waals surface area contributed by atoms with Crippen molar-refractivity contribution in [2.45, 2.75) is 88.9 Å². The first kappa shape index (κ1) is 32.2. The van der Waals surface area contributed by atoms with E-state index in [-0.39, 0.29) is 24.8 Å². The Kier molecular flexibility index (Phi) is 7.59. The number of allylic oxidation sites excluding steroid dienone is 5. The number of aliphatic hydroxyl groups excluding tert-OH is 2. The van der Waals surface area contributed by atoms with Gasteiger partial charge < -0.3 is 29.7 Å². The van der Waals surface area contributed by atoms with Crippen LogP contribution in [0.3, 0.4) is 0 Å². The van der Waals surface area contributed by atoms with Gasteiger partial charge in [0.1, 0.15) is 24.3 Å². The Bertz CT molecular complexity index is 1640. The van der Waals surface area contributed by atoms with Crippen molar-refractivity contribution in [2.75, 3.05) is 11.9 Å². The first-order chi connectivity index (χ1) is 22.3. The molecule has 1 heterocycles. The van der Waals surface area contributed by atoms with Crippen LogP contribution in [-0.2, 0) is 14.3 Å². The Morgan fingerprint density at radius 2 is 1.74 bits per heavy atom. The monoisotopic (exact) mass is 647 g/mol. The van der Waals surface area contributed by atoms with Crippen LogP contribution in [0.1, 0.15) is 58.8 Å². The van der Waals surface area contributed by atoms with Crippen molar-refractivity contribution in [2.24, 2.45) is 22.7 Å². The number of ether oxygens (including phenoxy) is 3. The van der Waals surface area contributed by atoms with Crippen molar-refractivity contribution in [3.63, 3.8) is 0 Å². The molecular weight excluding hydrogens is 604 g/mol. The number of hydrogen-bond acceptors (Lipinski definition) is 7. The molecule has 1 aliphatic heterocycles. The first-order valence-electron chi connectivity index (χ1n) is 16.5. The summed E-state index contributed by atoms with van der Waals surface area (Å²) < 4.78 is 52.6. The molecule has 5 aliphatic rings. The van der Waals surface area contributed by atoms with Gasteiger partial charge in [-0.2, -0.15) is 0 Å². The van der Waals surface area contributed by atoms with Crippen LogP contribution in [0.2, 0.25) is 0 Å². The molecule has 1 saturated heterocycles. The van der Waals surface area contributed by atoms with Crippen molar-refractivity contribution in [3.05, 3.63) is 90.0 Å². The highest BCUT2D eigenvalue weighted by Gasteiger charge is 2.80. The Hall–Kier alpha value is -3.37. The molecule has 7 rings (SSSR count). The lowest BCUT2D eigenvalue weighted by atomic mass is 9.44. The Labute approximate surface area is 274 Å². The van der Waals surface area contributed by atoms with Gasteiger partial charge in [0.15, 0.2) is 23.3 Å². The van der Waals surface area contributed by atoms with Gasteiger partial charge in [0.25, 0.3) is 0 Å². The van der Waals surface area contributed by atoms with Gasteiger partial charge in [-0.05, 0) is 93.5 Å². The van der Waals surface area contributed by atoms with E-state index in [0.717, 1.165) is 5.69 Å². The molecule has 4 fully saturated rings. The van der Waals surface area contributed by atoms with Gasteiger partial charge in [0, 0.05) is 34.0 Å². The fourth-order valence-corrected chi connectivity index (χ4v) is 9.57. The molecule has 2 aromatic rings. The number of rotatable bonds is 7. The van der Waals surface area contributed by atoms with Crippen LogP contribution in [0, 0.1) is 22.7 Å². The lowest BCUT2D eigenvalue weighted by Gasteiger charge is -2.63. The molecule has 47 heavy (non-hydrogen) atoms. The summed E-state index contributed by atoms with van der Waals surface area (Å²) in [7, 11) is 0. The number of ketones is 1. The summed E-state index contributed by atoms with van der Waals surface area (Å²) in [5.41, 5.74) is -3.86. The standard InChI is InChI=1S/C38H43F2NO6/c1-21(2)41-24-8-12-26(13-9-24)45-25-10-6-23(7-11-25)34-46-33-18-27-28-17-30(39)29-16-22(3)14-15-35(29,4)37(28,40)31(43)19-36(27,5)38(33,47-34)32(44)20-42/h6-16,21,27-28,30-31,33-34,41-43H,3,17-20H2,1-2,4-5H3/t27-,28-,30-,31-,33+,34+,35-,36-,37-,38+/m0/s1. The lowest BCUT2D eigenvalue weighted by Crippen LogP contribution is -2.70. The summed E-state index contributed by atoms with van der Waals surface area (Å²) in [5.74, 6) is -0.789. The maximum absolute atomic E-state index is 17.7. The molecule has 0 radical (unpaired) electrons. The minimum absolute atomic E-state index is 0.115. The molecule has 9 heteroatoms. The highest BCUT2D eigenvalue weighted by atomic mass is 19.1. The zero-order valence-electron chi connectivity index (χ0n) is 27.2. The largest absolute Gasteiger partial charge is 0.457 e. The molecule has 0 amide bonds. The average Bonchev–Trinajstić information content (AvgIpc) is 3.53. The second kappa shape index (κ2) is 11.1. The van der Waals surface area contributed by atoms with Crippen molar-refractivity contribution in [1.29, 1.82) is 0 Å². The van der Waals surface area contributed by atoms with E-state index in [4.69, 9.17) is 14.2 Å². The van der Waals surface area contributed by atoms with Crippen LogP contribution in [0.15, 0.2) is 84.5 Å². The number of benzene rings is 2. The van der Waals surface area contributed by atoms with E-state index in [1.807, 2.05) is 24.3 Å². The van der Waals surface area contributed by atoms with Crippen LogP contribution in [-0.4, -0.2) is 58.3 Å². The molecule has 3 saturated carbocycles. The number of aliphatic hydroxyl groups is 2. The van der Waals surface area contributed by atoms with Crippen molar-refractivity contribution < 1.29 is 38.0 Å². The quantitative estimate of drug-likeness (QED) is 0.300. The molecule has 2 aromatic carbocycles. The van der Waals surface area contributed by atoms with Gasteiger partial charge in [-0.15, -0.1) is 0 Å². The fraction of sp³-hybridized carbons (Fsp3) is 0.500. The van der Waals surface area contributed by atoms with Crippen molar-refractivity contribution in [1.82, 2.24) is 0 Å². The fourth-order valence-electron chi connectivity index (χ4n) is 9.57. The molecule has 0 spiro atoms. The maximum atomic E-state index is 17.7. The van der Waals surface area contributed by atoms with Gasteiger partial charge in [0.05, 0.1) is 12.2 Å². The topological polar surface area (TPSA) is 97.2 Å². The third-order valence-corrected chi connectivity index (χ3v) is 11.7. The van der Waals surface area contributed by atoms with Crippen molar-refractivity contribution >= 4 is 11.5 Å². The summed E-state index contributed by atoms with van der Waals surface area (Å²) in [4.78, 5) is 13.8. The Balaban J connectivity index is 1.16. The number of Topliss-reactive ketones (excluding diaryl/α,β-unsaturated/α-hetero) is 1. The summed E-state index contributed by atoms with van der Waals surface area (Å²) in [6, 6.07) is 15.1. The number of fused-ring (bicyclic) bond motifs is 7. The molecule has 0 bridgehead atoms. The minimum atomic E-state index is -2.19. The number of halogens is 2. The molecule has 0 unspecified atom stereocenters. The third-order valence-electron chi connectivity index (χ3n) is 11.7. The third kappa shape index (κ3) is 4.53. The van der Waals surface area contributed by atoms with E-state index < -0.39 is 71.0 Å². The summed E-state index contributed by atoms with van der Waals surface area (Å²) in [6.07, 6.45) is 0.128. The van der Waals surface area contributed by atoms with E-state index in [1.54, 1.807) is 56.3 Å². The van der Waals surface area contributed by atoms with E-state index in [0.29, 0.717) is 28.7 Å². The van der Waals surface area contributed by atoms with Gasteiger partial charge in [0.2, 0.25) is 0 Å². The second-order valence-electron chi connectivity index (χ2n) is 14.7. The number of alkyl halides is 2. The molecule has 0 aromatic heterocycles. The normalized spacial score (nSPS) is 40.3. The highest BCUT2D eigenvalue weighted by molar-refractivity contribution is 5.91. The highest BCUT2D eigenvalue weighted by Crippen LogP contribution is 2.72. The zero-order chi connectivity index (χ0) is 33.5. The van der Waals surface area contributed by atoms with Gasteiger partial charge in [-0.3, -0.25) is 4.79 Å². The summed E-state index contributed by atoms with van der Waals surface area (Å²) in [6.45, 7) is 10.7. The van der Waals surface area contributed by atoms with E-state index in [2.05, 4.69) is 25.7 Å². The lowest BCUT2D eigenvalue weighted by molar-refractivity contribution is -0.235. The Morgan fingerprint density at radius 1 is 1.09 bits per heavy atom. The SMILES string of the molecule is C=C1C=C[C@@]2(C)C(=C1)[C@@H](F)C[C@H]1[C@@H]3C[C@H]4O[C@@H](c5ccc(Oc6ccc(NC(C)C)cc6)cc5)O[C@@]4(C(=O)CO)[C@@]3(C)C[C@H](O)[C@@]12F. The molecule has 3 N–H and O–H groups in total. The minimum Gasteiger partial charge on any atom is -0.457 e. The molecule has 10 atom stereocenters. The van der Waals surface area contributed by atoms with Crippen LogP contribution >= 0.6 is 0 Å². The number of anilines is 1. The van der Waals surface area contributed by atoms with Crippen molar-refractivity contribution in [3.8, 4) is 11.5 Å². The number of hydrogen-bond donors (Lipinski definition) is 3. The number of carbonyl (C=O) groups excluding carboxylic acids is 1. The zero-order valence-corrected chi connectivity index (χ0v) is 27.2. The second-order valence-corrected chi connectivity index (χ2v) is 14.7. The molecule has 7 nitrogen and oxygen atoms in total. The average molecular weight is 648 g/mol. The summed E-state index contributed by atoms with van der Waals surface area (Å²) >= 11 is 0. The van der Waals surface area contributed by atoms with Crippen LogP contribution in [0.5, 0.6) is 11.5 Å². The van der Waals surface area contributed by atoms with Crippen LogP contribution < -0.4 is 10.1 Å². The number of nitrogens with one attached hydrogen (secondary N) is 1. The molecule has 4 aliphatic carbocycles. The van der Waals surface area contributed by atoms with Gasteiger partial charge >= 0.3 is 0 Å². The predicted molar refractivity (Wildman–Crippen MR) is 173 cm³/mol. The van der Waals surface area contributed by atoms with Crippen LogP contribution in [0.25, 0.3) is 0 Å². The van der Waals surface area contributed by atoms with Gasteiger partial charge in [-0.25, -0.2) is 8.78 Å². The van der Waals surface area contributed by atoms with Crippen LogP contribution in [0.4, 0.5) is 14.5 Å². The predicted octanol–water partition coefficient (Wildman–Crippen LogP) is 6.93. The molecular formula is C38H43F2NO6. The Morgan fingerprint density at radius 3 is 2.38 bits per heavy atom.